The van der Waals surface area contributed by atoms with Gasteiger partial charge < -0.3 is 5.11 Å². The van der Waals surface area contributed by atoms with E-state index in [-0.39, 0.29) is 13.0 Å². The zero-order chi connectivity index (χ0) is 12.1. The van der Waals surface area contributed by atoms with Crippen LogP contribution in [-0.4, -0.2) is 43.1 Å². The molecular formula is C9H19NO4S. The van der Waals surface area contributed by atoms with E-state index < -0.39 is 16.0 Å². The van der Waals surface area contributed by atoms with Gasteiger partial charge in [0.15, 0.2) is 0 Å². The number of carboxylic acid groups (broad SMARTS) is 1. The molecule has 0 atom stereocenters. The van der Waals surface area contributed by atoms with Gasteiger partial charge in [-0.05, 0) is 12.3 Å². The summed E-state index contributed by atoms with van der Waals surface area (Å²) < 4.78 is 23.8. The summed E-state index contributed by atoms with van der Waals surface area (Å²) in [6.07, 6.45) is 1.70. The molecule has 0 aromatic heterocycles. The van der Waals surface area contributed by atoms with Crippen molar-refractivity contribution in [1.82, 2.24) is 4.31 Å². The molecule has 0 aromatic carbocycles. The fourth-order valence-electron chi connectivity index (χ4n) is 1.07. The Bertz CT molecular complexity index is 297. The van der Waals surface area contributed by atoms with Gasteiger partial charge >= 0.3 is 5.97 Å². The number of carboxylic acids is 1. The number of rotatable bonds is 7. The number of aliphatic carboxylic acids is 1. The Kier molecular flexibility index (Phi) is 5.82. The normalized spacial score (nSPS) is 12.3. The van der Waals surface area contributed by atoms with Gasteiger partial charge in [-0.3, -0.25) is 4.79 Å². The lowest BCUT2D eigenvalue weighted by Crippen LogP contribution is -2.33. The van der Waals surface area contributed by atoms with Crippen LogP contribution in [0.4, 0.5) is 0 Å². The number of hydrogen-bond acceptors (Lipinski definition) is 3. The van der Waals surface area contributed by atoms with E-state index in [0.717, 1.165) is 12.7 Å². The first-order chi connectivity index (χ1) is 6.73. The summed E-state index contributed by atoms with van der Waals surface area (Å²) in [5.41, 5.74) is 0. The molecule has 0 radical (unpaired) electrons. The van der Waals surface area contributed by atoms with E-state index in [4.69, 9.17) is 5.11 Å². The van der Waals surface area contributed by atoms with Crippen molar-refractivity contribution >= 4 is 16.0 Å². The summed E-state index contributed by atoms with van der Waals surface area (Å²) in [7, 11) is -3.29. The minimum Gasteiger partial charge on any atom is -0.481 e. The Balaban J connectivity index is 4.27. The van der Waals surface area contributed by atoms with Gasteiger partial charge in [-0.15, -0.1) is 0 Å². The van der Waals surface area contributed by atoms with Crippen LogP contribution >= 0.6 is 0 Å². The molecule has 5 nitrogen and oxygen atoms in total. The van der Waals surface area contributed by atoms with Crippen molar-refractivity contribution in [2.45, 2.75) is 26.7 Å². The molecule has 6 heteroatoms. The molecule has 0 aromatic rings. The Morgan fingerprint density at radius 2 is 1.87 bits per heavy atom. The number of nitrogens with zero attached hydrogens (tertiary/aromatic N) is 1. The standard InChI is InChI=1S/C9H19NO4S/c1-8(2)4-6-10(15(3,13)14)7-5-9(11)12/h8H,4-7H2,1-3H3,(H,11,12). The van der Waals surface area contributed by atoms with Gasteiger partial charge in [0.05, 0.1) is 12.7 Å². The van der Waals surface area contributed by atoms with E-state index in [1.165, 1.54) is 4.31 Å². The average Bonchev–Trinajstić information content (AvgIpc) is 2.00. The van der Waals surface area contributed by atoms with Crippen LogP contribution in [0.3, 0.4) is 0 Å². The van der Waals surface area contributed by atoms with Gasteiger partial charge in [0.1, 0.15) is 0 Å². The van der Waals surface area contributed by atoms with Gasteiger partial charge in [-0.25, -0.2) is 12.7 Å². The van der Waals surface area contributed by atoms with E-state index in [2.05, 4.69) is 0 Å². The zero-order valence-corrected chi connectivity index (χ0v) is 10.2. The lowest BCUT2D eigenvalue weighted by atomic mass is 10.1. The third-order valence-corrected chi connectivity index (χ3v) is 3.30. The third kappa shape index (κ3) is 7.33. The average molecular weight is 237 g/mol. The molecule has 15 heavy (non-hydrogen) atoms. The first-order valence-electron chi connectivity index (χ1n) is 4.90. The smallest absolute Gasteiger partial charge is 0.304 e. The highest BCUT2D eigenvalue weighted by atomic mass is 32.2. The Labute approximate surface area is 91.1 Å². The minimum absolute atomic E-state index is 0.0564. The molecule has 90 valence electrons. The quantitative estimate of drug-likeness (QED) is 0.709. The molecule has 0 aliphatic heterocycles. The Morgan fingerprint density at radius 1 is 1.33 bits per heavy atom. The molecule has 0 rings (SSSR count). The highest BCUT2D eigenvalue weighted by Crippen LogP contribution is 2.06. The summed E-state index contributed by atoms with van der Waals surface area (Å²) in [5.74, 6) is -0.577. The van der Waals surface area contributed by atoms with Crippen LogP contribution in [0.2, 0.25) is 0 Å². The molecule has 0 heterocycles. The van der Waals surface area contributed by atoms with Crippen LogP contribution in [0.1, 0.15) is 26.7 Å². The summed E-state index contributed by atoms with van der Waals surface area (Å²) in [6.45, 7) is 4.44. The van der Waals surface area contributed by atoms with Crippen molar-refractivity contribution in [3.63, 3.8) is 0 Å². The van der Waals surface area contributed by atoms with Crippen LogP contribution in [0.15, 0.2) is 0 Å². The first-order valence-corrected chi connectivity index (χ1v) is 6.75. The Hall–Kier alpha value is -0.620. The first kappa shape index (κ1) is 14.4. The topological polar surface area (TPSA) is 74.7 Å². The van der Waals surface area contributed by atoms with Crippen LogP contribution < -0.4 is 0 Å². The second kappa shape index (κ2) is 6.07. The predicted octanol–water partition coefficient (Wildman–Crippen LogP) is 0.769. The molecule has 0 aliphatic rings. The van der Waals surface area contributed by atoms with Crippen LogP contribution in [0.25, 0.3) is 0 Å². The van der Waals surface area contributed by atoms with E-state index in [0.29, 0.717) is 12.5 Å². The highest BCUT2D eigenvalue weighted by molar-refractivity contribution is 7.88. The summed E-state index contributed by atoms with van der Waals surface area (Å²) in [5, 5.41) is 8.48. The molecule has 0 spiro atoms. The van der Waals surface area contributed by atoms with E-state index in [1.54, 1.807) is 0 Å². The largest absolute Gasteiger partial charge is 0.481 e. The molecule has 0 aliphatic carbocycles. The molecule has 0 bridgehead atoms. The second-order valence-electron chi connectivity index (χ2n) is 3.99. The van der Waals surface area contributed by atoms with Crippen LogP contribution in [0, 0.1) is 5.92 Å². The van der Waals surface area contributed by atoms with Crippen LogP contribution in [0.5, 0.6) is 0 Å². The van der Waals surface area contributed by atoms with Gasteiger partial charge in [0.2, 0.25) is 10.0 Å². The summed E-state index contributed by atoms with van der Waals surface area (Å²) in [4.78, 5) is 10.3. The van der Waals surface area contributed by atoms with Crippen molar-refractivity contribution in [3.05, 3.63) is 0 Å². The van der Waals surface area contributed by atoms with Crippen molar-refractivity contribution in [2.24, 2.45) is 5.92 Å². The predicted molar refractivity (Wildman–Crippen MR) is 58.1 cm³/mol. The second-order valence-corrected chi connectivity index (χ2v) is 5.97. The van der Waals surface area contributed by atoms with Gasteiger partial charge in [-0.2, -0.15) is 0 Å². The summed E-state index contributed by atoms with van der Waals surface area (Å²) >= 11 is 0. The van der Waals surface area contributed by atoms with Crippen molar-refractivity contribution < 1.29 is 18.3 Å². The lowest BCUT2D eigenvalue weighted by molar-refractivity contribution is -0.137. The molecule has 0 saturated heterocycles. The van der Waals surface area contributed by atoms with E-state index >= 15 is 0 Å². The van der Waals surface area contributed by atoms with Crippen molar-refractivity contribution in [2.75, 3.05) is 19.3 Å². The monoisotopic (exact) mass is 237 g/mol. The molecule has 0 amide bonds. The SMILES string of the molecule is CC(C)CCN(CCC(=O)O)S(C)(=O)=O. The number of hydrogen-bond donors (Lipinski definition) is 1. The van der Waals surface area contributed by atoms with Crippen molar-refractivity contribution in [3.8, 4) is 0 Å². The summed E-state index contributed by atoms with van der Waals surface area (Å²) in [6, 6.07) is 0. The maximum atomic E-state index is 11.3. The molecule has 0 unspecified atom stereocenters. The minimum atomic E-state index is -3.29. The highest BCUT2D eigenvalue weighted by Gasteiger charge is 2.17. The van der Waals surface area contributed by atoms with E-state index in [1.807, 2.05) is 13.8 Å². The maximum Gasteiger partial charge on any atom is 0.304 e. The third-order valence-electron chi connectivity index (χ3n) is 2.00. The Morgan fingerprint density at radius 3 is 2.20 bits per heavy atom. The van der Waals surface area contributed by atoms with Crippen LogP contribution in [-0.2, 0) is 14.8 Å². The fraction of sp³-hybridized carbons (Fsp3) is 0.889. The fourth-order valence-corrected chi connectivity index (χ4v) is 1.93. The van der Waals surface area contributed by atoms with Crippen molar-refractivity contribution in [1.29, 1.82) is 0 Å². The van der Waals surface area contributed by atoms with Gasteiger partial charge in [0.25, 0.3) is 0 Å². The number of carbonyl (C=O) groups is 1. The lowest BCUT2D eigenvalue weighted by Gasteiger charge is -2.19. The molecular weight excluding hydrogens is 218 g/mol. The molecule has 0 saturated carbocycles. The molecule has 0 fully saturated rings. The van der Waals surface area contributed by atoms with Gasteiger partial charge in [-0.1, -0.05) is 13.8 Å². The van der Waals surface area contributed by atoms with Gasteiger partial charge in [0, 0.05) is 13.1 Å². The number of sulfonamides is 1. The molecule has 1 N–H and O–H groups in total. The van der Waals surface area contributed by atoms with E-state index in [9.17, 15) is 13.2 Å². The maximum absolute atomic E-state index is 11.3. The zero-order valence-electron chi connectivity index (χ0n) is 9.43.